The number of benzene rings is 1. The van der Waals surface area contributed by atoms with E-state index in [2.05, 4.69) is 47.8 Å². The summed E-state index contributed by atoms with van der Waals surface area (Å²) in [5.41, 5.74) is 5.95. The van der Waals surface area contributed by atoms with Crippen molar-refractivity contribution in [3.63, 3.8) is 0 Å². The molecule has 1 aromatic carbocycles. The van der Waals surface area contributed by atoms with E-state index in [1.54, 1.807) is 11.3 Å². The second kappa shape index (κ2) is 9.42. The zero-order valence-corrected chi connectivity index (χ0v) is 20.5. The van der Waals surface area contributed by atoms with Gasteiger partial charge in [0.15, 0.2) is 5.11 Å². The van der Waals surface area contributed by atoms with Crippen molar-refractivity contribution in [1.29, 1.82) is 0 Å². The number of thiophene rings is 1. The van der Waals surface area contributed by atoms with Crippen LogP contribution < -0.4 is 10.6 Å². The van der Waals surface area contributed by atoms with Gasteiger partial charge in [-0.05, 0) is 80.6 Å². The predicted molar refractivity (Wildman–Crippen MR) is 134 cm³/mol. The molecule has 2 aromatic heterocycles. The molecular weight excluding hydrogens is 440 g/mol. The number of methoxy groups -OCH3 is 1. The number of carbonyl (C=O) groups excluding carboxylic acids is 1. The molecule has 0 saturated carbocycles. The van der Waals surface area contributed by atoms with Gasteiger partial charge in [0.25, 0.3) is 0 Å². The third-order valence-corrected chi connectivity index (χ3v) is 7.15. The number of carbonyl (C=O) groups is 1. The Morgan fingerprint density at radius 2 is 2.03 bits per heavy atom. The quantitative estimate of drug-likeness (QED) is 0.390. The Bertz CT molecular complexity index is 1150. The van der Waals surface area contributed by atoms with E-state index in [1.807, 2.05) is 23.7 Å². The summed E-state index contributed by atoms with van der Waals surface area (Å²) >= 11 is 7.15. The fraction of sp³-hybridized carbons (Fsp3) is 0.375. The van der Waals surface area contributed by atoms with Crippen LogP contribution >= 0.6 is 23.6 Å². The average molecular weight is 469 g/mol. The molecule has 0 aliphatic heterocycles. The van der Waals surface area contributed by atoms with Gasteiger partial charge in [0, 0.05) is 16.3 Å². The summed E-state index contributed by atoms with van der Waals surface area (Å²) in [7, 11) is 1.42. The number of fused-ring (bicyclic) bond motifs is 1. The van der Waals surface area contributed by atoms with E-state index in [0.29, 0.717) is 16.6 Å². The van der Waals surface area contributed by atoms with Gasteiger partial charge >= 0.3 is 5.97 Å². The molecule has 0 spiro atoms. The number of nitrogens with zero attached hydrogens (tertiary/aromatic N) is 2. The molecule has 1 aliphatic carbocycles. The summed E-state index contributed by atoms with van der Waals surface area (Å²) < 4.78 is 7.05. The molecule has 0 radical (unpaired) electrons. The Hall–Kier alpha value is -2.71. The minimum Gasteiger partial charge on any atom is -0.465 e. The lowest BCUT2D eigenvalue weighted by Crippen LogP contribution is -2.20. The molecule has 1 aliphatic rings. The summed E-state index contributed by atoms with van der Waals surface area (Å²) in [6.07, 6.45) is 2.97. The highest BCUT2D eigenvalue weighted by Gasteiger charge is 2.28. The van der Waals surface area contributed by atoms with Crippen LogP contribution in [0.3, 0.4) is 0 Å². The molecule has 32 heavy (non-hydrogen) atoms. The van der Waals surface area contributed by atoms with E-state index >= 15 is 0 Å². The minimum absolute atomic E-state index is 0.309. The number of rotatable bonds is 5. The topological polar surface area (TPSA) is 68.2 Å². The molecule has 4 rings (SSSR count). The van der Waals surface area contributed by atoms with Crippen LogP contribution in [0.1, 0.15) is 51.1 Å². The maximum atomic E-state index is 12.5. The van der Waals surface area contributed by atoms with E-state index in [0.717, 1.165) is 59.0 Å². The molecule has 1 unspecified atom stereocenters. The highest BCUT2D eigenvalue weighted by Crippen LogP contribution is 2.40. The number of aryl methyl sites for hydroxylation is 2. The molecular formula is C24H28N4O2S2. The molecule has 1 atom stereocenters. The summed E-state index contributed by atoms with van der Waals surface area (Å²) in [4.78, 5) is 13.7. The van der Waals surface area contributed by atoms with E-state index < -0.39 is 0 Å². The van der Waals surface area contributed by atoms with Gasteiger partial charge in [-0.2, -0.15) is 5.10 Å². The molecule has 0 saturated heterocycles. The van der Waals surface area contributed by atoms with Crippen molar-refractivity contribution in [1.82, 2.24) is 9.78 Å². The van der Waals surface area contributed by atoms with Crippen LogP contribution in [0, 0.1) is 19.8 Å². The van der Waals surface area contributed by atoms with Gasteiger partial charge in [0.1, 0.15) is 5.00 Å². The fourth-order valence-corrected chi connectivity index (χ4v) is 5.81. The summed E-state index contributed by atoms with van der Waals surface area (Å²) in [5, 5.41) is 12.2. The number of hydrogen-bond acceptors (Lipinski definition) is 5. The van der Waals surface area contributed by atoms with Crippen molar-refractivity contribution in [2.24, 2.45) is 5.92 Å². The summed E-state index contributed by atoms with van der Waals surface area (Å²) in [6, 6.07) is 10.2. The maximum Gasteiger partial charge on any atom is 0.341 e. The first-order chi connectivity index (χ1) is 15.3. The molecule has 8 heteroatoms. The predicted octanol–water partition coefficient (Wildman–Crippen LogP) is 5.33. The van der Waals surface area contributed by atoms with Crippen LogP contribution in [0.25, 0.3) is 0 Å². The number of hydrogen-bond donors (Lipinski definition) is 2. The van der Waals surface area contributed by atoms with Crippen molar-refractivity contribution < 1.29 is 9.53 Å². The first-order valence-electron chi connectivity index (χ1n) is 10.7. The number of anilines is 2. The Morgan fingerprint density at radius 3 is 2.69 bits per heavy atom. The van der Waals surface area contributed by atoms with Gasteiger partial charge in [-0.3, -0.25) is 4.68 Å². The van der Waals surface area contributed by atoms with Crippen LogP contribution in [-0.2, 0) is 24.1 Å². The Labute approximate surface area is 198 Å². The van der Waals surface area contributed by atoms with E-state index in [9.17, 15) is 4.79 Å². The van der Waals surface area contributed by atoms with Gasteiger partial charge in [0.05, 0.1) is 24.9 Å². The maximum absolute atomic E-state index is 12.5. The highest BCUT2D eigenvalue weighted by molar-refractivity contribution is 7.80. The van der Waals surface area contributed by atoms with Crippen LogP contribution in [0.4, 0.5) is 10.7 Å². The highest BCUT2D eigenvalue weighted by atomic mass is 32.1. The van der Waals surface area contributed by atoms with E-state index in [1.165, 1.54) is 12.0 Å². The van der Waals surface area contributed by atoms with Crippen molar-refractivity contribution in [2.45, 2.75) is 46.6 Å². The number of thiocarbonyl (C=S) groups is 1. The molecule has 3 aromatic rings. The number of esters is 1. The Balaban J connectivity index is 1.45. The van der Waals surface area contributed by atoms with Crippen LogP contribution in [0.15, 0.2) is 30.3 Å². The normalized spacial score (nSPS) is 15.2. The lowest BCUT2D eigenvalue weighted by molar-refractivity contribution is 0.0601. The fourth-order valence-electron chi connectivity index (χ4n) is 4.12. The largest absolute Gasteiger partial charge is 0.465 e. The van der Waals surface area contributed by atoms with Crippen LogP contribution in [0.5, 0.6) is 0 Å². The SMILES string of the molecule is COC(=O)c1c(NC(=S)Nc2ccc(Cn3nc(C)cc3C)cc2)sc2c1CCC(C)C2. The minimum atomic E-state index is -0.309. The third-order valence-electron chi connectivity index (χ3n) is 5.78. The molecule has 2 heterocycles. The van der Waals surface area contributed by atoms with Crippen LogP contribution in [0.2, 0.25) is 0 Å². The number of nitrogens with one attached hydrogen (secondary N) is 2. The molecule has 168 valence electrons. The molecule has 6 nitrogen and oxygen atoms in total. The molecule has 2 N–H and O–H groups in total. The van der Waals surface area contributed by atoms with Crippen LogP contribution in [-0.4, -0.2) is 28.0 Å². The third kappa shape index (κ3) is 4.86. The first kappa shape index (κ1) is 22.5. The molecule has 0 fully saturated rings. The second-order valence-corrected chi connectivity index (χ2v) is 9.92. The second-order valence-electron chi connectivity index (χ2n) is 8.41. The standard InChI is InChI=1S/C24H28N4O2S2/c1-14-5-10-19-20(11-14)32-22(21(19)23(29)30-4)26-24(31)25-18-8-6-17(7-9-18)13-28-16(3)12-15(2)27-28/h6-9,12,14H,5,10-11,13H2,1-4H3,(H2,25,26,31). The van der Waals surface area contributed by atoms with Gasteiger partial charge in [-0.1, -0.05) is 19.1 Å². The Kier molecular flexibility index (Phi) is 6.62. The first-order valence-corrected chi connectivity index (χ1v) is 12.0. The van der Waals surface area contributed by atoms with Gasteiger partial charge in [-0.25, -0.2) is 4.79 Å². The van der Waals surface area contributed by atoms with E-state index in [-0.39, 0.29) is 5.97 Å². The molecule has 0 amide bonds. The van der Waals surface area contributed by atoms with Gasteiger partial charge in [0.2, 0.25) is 0 Å². The van der Waals surface area contributed by atoms with Crippen molar-refractivity contribution in [3.8, 4) is 0 Å². The average Bonchev–Trinajstić information content (AvgIpc) is 3.26. The van der Waals surface area contributed by atoms with Crippen molar-refractivity contribution >= 4 is 45.3 Å². The number of ether oxygens (including phenoxy) is 1. The zero-order valence-electron chi connectivity index (χ0n) is 18.8. The lowest BCUT2D eigenvalue weighted by Gasteiger charge is -2.18. The lowest BCUT2D eigenvalue weighted by atomic mass is 9.88. The van der Waals surface area contributed by atoms with Gasteiger partial charge in [-0.15, -0.1) is 11.3 Å². The smallest absolute Gasteiger partial charge is 0.341 e. The van der Waals surface area contributed by atoms with Gasteiger partial charge < -0.3 is 15.4 Å². The molecule has 0 bridgehead atoms. The summed E-state index contributed by atoms with van der Waals surface area (Å²) in [6.45, 7) is 7.04. The zero-order chi connectivity index (χ0) is 22.8. The van der Waals surface area contributed by atoms with Crippen molar-refractivity contribution in [3.05, 3.63) is 63.3 Å². The summed E-state index contributed by atoms with van der Waals surface area (Å²) in [5.74, 6) is 0.313. The van der Waals surface area contributed by atoms with E-state index in [4.69, 9.17) is 17.0 Å². The number of aromatic nitrogens is 2. The Morgan fingerprint density at radius 1 is 1.28 bits per heavy atom. The monoisotopic (exact) mass is 468 g/mol. The van der Waals surface area contributed by atoms with Crippen molar-refractivity contribution in [2.75, 3.05) is 17.7 Å².